The molecule has 0 radical (unpaired) electrons. The zero-order valence-electron chi connectivity index (χ0n) is 9.81. The van der Waals surface area contributed by atoms with E-state index in [0.29, 0.717) is 10.9 Å². The van der Waals surface area contributed by atoms with Crippen LogP contribution in [0.4, 0.5) is 0 Å². The molecule has 4 heteroatoms. The molecule has 2 aromatic carbocycles. The average molecular weight is 335 g/mol. The maximum Gasteiger partial charge on any atom is 0.226 e. The highest BCUT2D eigenvalue weighted by Crippen LogP contribution is 2.27. The quantitative estimate of drug-likeness (QED) is 0.625. The summed E-state index contributed by atoms with van der Waals surface area (Å²) >= 11 is 9.27. The summed E-state index contributed by atoms with van der Waals surface area (Å²) in [5, 5.41) is 0.705. The van der Waals surface area contributed by atoms with E-state index in [9.17, 15) is 0 Å². The van der Waals surface area contributed by atoms with Gasteiger partial charge in [-0.25, -0.2) is 4.98 Å². The molecular weight excluding hydrogens is 326 g/mol. The molecule has 0 spiro atoms. The fourth-order valence-corrected chi connectivity index (χ4v) is 2.14. The Balaban J connectivity index is 1.95. The van der Waals surface area contributed by atoms with Crippen molar-refractivity contribution in [3.05, 3.63) is 64.2 Å². The monoisotopic (exact) mass is 333 g/mol. The molecule has 0 aliphatic rings. The minimum Gasteiger partial charge on any atom is -0.436 e. The lowest BCUT2D eigenvalue weighted by atomic mass is 10.2. The zero-order valence-corrected chi connectivity index (χ0v) is 12.1. The molecule has 0 bridgehead atoms. The van der Waals surface area contributed by atoms with Crippen LogP contribution in [0.15, 0.2) is 63.6 Å². The van der Waals surface area contributed by atoms with Gasteiger partial charge in [0.1, 0.15) is 0 Å². The molecule has 0 saturated carbocycles. The van der Waals surface area contributed by atoms with E-state index in [1.54, 1.807) is 6.20 Å². The molecule has 0 unspecified atom stereocenters. The highest BCUT2D eigenvalue weighted by molar-refractivity contribution is 9.10. The summed E-state index contributed by atoms with van der Waals surface area (Å²) in [6, 6.07) is 15.3. The summed E-state index contributed by atoms with van der Waals surface area (Å²) in [5.74, 6) is 1.34. The van der Waals surface area contributed by atoms with E-state index in [-0.39, 0.29) is 0 Å². The van der Waals surface area contributed by atoms with Crippen LogP contribution >= 0.6 is 27.5 Å². The lowest BCUT2D eigenvalue weighted by Gasteiger charge is -1.97. The van der Waals surface area contributed by atoms with Gasteiger partial charge in [0.2, 0.25) is 5.89 Å². The summed E-state index contributed by atoms with van der Waals surface area (Å²) in [6.45, 7) is 0. The van der Waals surface area contributed by atoms with Crippen LogP contribution in [-0.2, 0) is 0 Å². The van der Waals surface area contributed by atoms with Crippen LogP contribution in [0, 0.1) is 0 Å². The van der Waals surface area contributed by atoms with Gasteiger partial charge < -0.3 is 4.42 Å². The Morgan fingerprint density at radius 2 is 1.53 bits per heavy atom. The Kier molecular flexibility index (Phi) is 3.40. The minimum atomic E-state index is 0.609. The molecule has 0 saturated heterocycles. The van der Waals surface area contributed by atoms with Crippen molar-refractivity contribution >= 4 is 27.5 Å². The smallest absolute Gasteiger partial charge is 0.226 e. The molecule has 0 N–H and O–H groups in total. The van der Waals surface area contributed by atoms with Gasteiger partial charge in [-0.05, 0) is 48.5 Å². The molecule has 0 aliphatic carbocycles. The Bertz CT molecular complexity index is 629. The van der Waals surface area contributed by atoms with E-state index in [1.807, 2.05) is 48.5 Å². The summed E-state index contributed by atoms with van der Waals surface area (Å²) in [4.78, 5) is 4.30. The van der Waals surface area contributed by atoms with Gasteiger partial charge in [0.25, 0.3) is 0 Å². The average Bonchev–Trinajstić information content (AvgIpc) is 2.90. The normalized spacial score (nSPS) is 10.6. The van der Waals surface area contributed by atoms with Crippen molar-refractivity contribution in [1.29, 1.82) is 0 Å². The lowest BCUT2D eigenvalue weighted by Crippen LogP contribution is -1.75. The Morgan fingerprint density at radius 1 is 0.895 bits per heavy atom. The van der Waals surface area contributed by atoms with Crippen molar-refractivity contribution in [3.8, 4) is 22.8 Å². The van der Waals surface area contributed by atoms with Gasteiger partial charge in [-0.1, -0.05) is 27.5 Å². The highest BCUT2D eigenvalue weighted by atomic mass is 79.9. The van der Waals surface area contributed by atoms with Crippen molar-refractivity contribution in [1.82, 2.24) is 4.98 Å². The minimum absolute atomic E-state index is 0.609. The van der Waals surface area contributed by atoms with Crippen LogP contribution in [0.2, 0.25) is 5.02 Å². The second-order valence-corrected chi connectivity index (χ2v) is 5.40. The van der Waals surface area contributed by atoms with Crippen LogP contribution in [-0.4, -0.2) is 4.98 Å². The lowest BCUT2D eigenvalue weighted by molar-refractivity contribution is 0.589. The number of oxazole rings is 1. The number of hydrogen-bond acceptors (Lipinski definition) is 2. The van der Waals surface area contributed by atoms with Crippen LogP contribution in [0.25, 0.3) is 22.8 Å². The summed E-state index contributed by atoms with van der Waals surface area (Å²) in [6.07, 6.45) is 1.72. The van der Waals surface area contributed by atoms with Gasteiger partial charge in [-0.2, -0.15) is 0 Å². The molecule has 0 atom stereocenters. The number of aromatic nitrogens is 1. The molecule has 1 heterocycles. The number of nitrogens with zero attached hydrogens (tertiary/aromatic N) is 1. The summed E-state index contributed by atoms with van der Waals surface area (Å²) in [5.41, 5.74) is 1.91. The van der Waals surface area contributed by atoms with Gasteiger partial charge in [-0.15, -0.1) is 0 Å². The zero-order chi connectivity index (χ0) is 13.2. The topological polar surface area (TPSA) is 26.0 Å². The first-order chi connectivity index (χ1) is 9.22. The second kappa shape index (κ2) is 5.19. The van der Waals surface area contributed by atoms with E-state index >= 15 is 0 Å². The summed E-state index contributed by atoms with van der Waals surface area (Å²) < 4.78 is 6.79. The van der Waals surface area contributed by atoms with Gasteiger partial charge in [0.15, 0.2) is 5.76 Å². The first-order valence-electron chi connectivity index (χ1n) is 5.70. The highest BCUT2D eigenvalue weighted by Gasteiger charge is 2.08. The Labute approximate surface area is 124 Å². The Morgan fingerprint density at radius 3 is 2.21 bits per heavy atom. The number of hydrogen-bond donors (Lipinski definition) is 0. The SMILES string of the molecule is Clc1ccc(-c2cnc(-c3ccc(Br)cc3)o2)cc1. The predicted molar refractivity (Wildman–Crippen MR) is 80.1 cm³/mol. The maximum atomic E-state index is 5.86. The molecule has 0 fully saturated rings. The van der Waals surface area contributed by atoms with Gasteiger partial charge in [-0.3, -0.25) is 0 Å². The van der Waals surface area contributed by atoms with Gasteiger partial charge in [0, 0.05) is 20.6 Å². The molecule has 19 heavy (non-hydrogen) atoms. The van der Waals surface area contributed by atoms with Crippen LogP contribution in [0.3, 0.4) is 0 Å². The molecular formula is C15H9BrClNO. The van der Waals surface area contributed by atoms with Crippen molar-refractivity contribution in [2.24, 2.45) is 0 Å². The first-order valence-corrected chi connectivity index (χ1v) is 6.87. The molecule has 1 aromatic heterocycles. The van der Waals surface area contributed by atoms with Crippen molar-refractivity contribution in [2.75, 3.05) is 0 Å². The summed E-state index contributed by atoms with van der Waals surface area (Å²) in [7, 11) is 0. The predicted octanol–water partition coefficient (Wildman–Crippen LogP) is 5.42. The van der Waals surface area contributed by atoms with Crippen LogP contribution in [0.5, 0.6) is 0 Å². The largest absolute Gasteiger partial charge is 0.436 e. The molecule has 0 amide bonds. The number of halogens is 2. The van der Waals surface area contributed by atoms with Gasteiger partial charge >= 0.3 is 0 Å². The van der Waals surface area contributed by atoms with E-state index < -0.39 is 0 Å². The standard InChI is InChI=1S/C15H9BrClNO/c16-12-5-1-11(2-6-12)15-18-9-14(19-15)10-3-7-13(17)8-4-10/h1-9H. The molecule has 94 valence electrons. The maximum absolute atomic E-state index is 5.86. The third kappa shape index (κ3) is 2.72. The van der Waals surface area contributed by atoms with Crippen molar-refractivity contribution < 1.29 is 4.42 Å². The van der Waals surface area contributed by atoms with E-state index in [2.05, 4.69) is 20.9 Å². The fraction of sp³-hybridized carbons (Fsp3) is 0. The van der Waals surface area contributed by atoms with Crippen molar-refractivity contribution in [2.45, 2.75) is 0 Å². The molecule has 2 nitrogen and oxygen atoms in total. The second-order valence-electron chi connectivity index (χ2n) is 4.04. The molecule has 0 aliphatic heterocycles. The van der Waals surface area contributed by atoms with Crippen LogP contribution in [0.1, 0.15) is 0 Å². The fourth-order valence-electron chi connectivity index (χ4n) is 1.75. The third-order valence-corrected chi connectivity index (χ3v) is 3.51. The number of benzene rings is 2. The van der Waals surface area contributed by atoms with E-state index in [0.717, 1.165) is 21.4 Å². The molecule has 3 rings (SSSR count). The van der Waals surface area contributed by atoms with Crippen LogP contribution < -0.4 is 0 Å². The van der Waals surface area contributed by atoms with E-state index in [1.165, 1.54) is 0 Å². The third-order valence-electron chi connectivity index (χ3n) is 2.73. The van der Waals surface area contributed by atoms with Gasteiger partial charge in [0.05, 0.1) is 6.20 Å². The van der Waals surface area contributed by atoms with E-state index in [4.69, 9.17) is 16.0 Å². The Hall–Kier alpha value is -1.58. The molecule has 3 aromatic rings. The van der Waals surface area contributed by atoms with Crippen molar-refractivity contribution in [3.63, 3.8) is 0 Å². The number of rotatable bonds is 2. The first kappa shape index (κ1) is 12.5.